The van der Waals surface area contributed by atoms with Crippen LogP contribution in [0.3, 0.4) is 0 Å². The predicted octanol–water partition coefficient (Wildman–Crippen LogP) is 0.529. The van der Waals surface area contributed by atoms with E-state index in [-0.39, 0.29) is 30.5 Å². The highest BCUT2D eigenvalue weighted by Crippen LogP contribution is 2.52. The van der Waals surface area contributed by atoms with Crippen LogP contribution in [-0.4, -0.2) is 100 Å². The normalized spacial score (nSPS) is 28.6. The van der Waals surface area contributed by atoms with Crippen LogP contribution in [0.2, 0.25) is 0 Å². The molecule has 234 valence electrons. The molecule has 2 unspecified atom stereocenters. The lowest BCUT2D eigenvalue weighted by molar-refractivity contribution is -0.181. The Kier molecular flexibility index (Phi) is 8.82. The number of carbonyl (C=O) groups excluding carboxylic acids is 6. The lowest BCUT2D eigenvalue weighted by Crippen LogP contribution is -2.74. The molecule has 3 aliphatic carbocycles. The minimum absolute atomic E-state index is 0.0735. The van der Waals surface area contributed by atoms with E-state index in [1.807, 2.05) is 0 Å². The van der Waals surface area contributed by atoms with Gasteiger partial charge in [-0.15, -0.1) is 0 Å². The first kappa shape index (κ1) is 32.9. The molecule has 1 aromatic carbocycles. The van der Waals surface area contributed by atoms with Gasteiger partial charge in [0.05, 0.1) is 17.5 Å². The molecule has 0 aromatic heterocycles. The summed E-state index contributed by atoms with van der Waals surface area (Å²) in [6.07, 6.45) is -0.955. The van der Waals surface area contributed by atoms with Crippen LogP contribution in [0, 0.1) is 23.7 Å². The van der Waals surface area contributed by atoms with Gasteiger partial charge >= 0.3 is 6.09 Å². The first-order valence-corrected chi connectivity index (χ1v) is 14.3. The van der Waals surface area contributed by atoms with Crippen molar-refractivity contribution in [1.29, 1.82) is 0 Å². The van der Waals surface area contributed by atoms with Crippen LogP contribution in [0.1, 0.15) is 27.9 Å². The average molecular weight is 662 g/mol. The lowest BCUT2D eigenvalue weighted by Gasteiger charge is -2.52. The maximum atomic E-state index is 14.0. The first-order chi connectivity index (χ1) is 19.8. The number of nitrogens with two attached hydrogens (primary N) is 1. The Morgan fingerprint density at radius 1 is 1.14 bits per heavy atom. The zero-order chi connectivity index (χ0) is 32.3. The molecule has 16 heteroatoms. The molecule has 2 amide bonds. The van der Waals surface area contributed by atoms with Gasteiger partial charge in [0, 0.05) is 37.8 Å². The molecule has 43 heavy (non-hydrogen) atoms. The molecule has 5 N–H and O–H groups in total. The second-order valence-corrected chi connectivity index (χ2v) is 14.0. The molecular formula is C27H31Cl3N4O9. The Balaban J connectivity index is 1.76. The molecule has 0 saturated heterocycles. The Hall–Kier alpha value is -2.97. The lowest BCUT2D eigenvalue weighted by atomic mass is 9.52. The molecule has 0 aliphatic heterocycles. The van der Waals surface area contributed by atoms with E-state index < -0.39 is 86.6 Å². The monoisotopic (exact) mass is 660 g/mol. The quantitative estimate of drug-likeness (QED) is 0.245. The number of phenolic OH excluding ortho intramolecular Hbond substituents is 1. The zero-order valence-electron chi connectivity index (χ0n) is 23.7. The number of rotatable bonds is 6. The van der Waals surface area contributed by atoms with Gasteiger partial charge in [0.1, 0.15) is 12.4 Å². The Morgan fingerprint density at radius 2 is 1.77 bits per heavy atom. The van der Waals surface area contributed by atoms with E-state index in [0.29, 0.717) is 11.3 Å². The van der Waals surface area contributed by atoms with E-state index in [0.717, 1.165) is 0 Å². The summed E-state index contributed by atoms with van der Waals surface area (Å²) in [5.74, 6) is -11.6. The molecular weight excluding hydrogens is 631 g/mol. The van der Waals surface area contributed by atoms with Gasteiger partial charge in [-0.05, 0) is 44.5 Å². The van der Waals surface area contributed by atoms with E-state index in [4.69, 9.17) is 45.3 Å². The van der Waals surface area contributed by atoms with Gasteiger partial charge in [0.15, 0.2) is 34.7 Å². The third-order valence-corrected chi connectivity index (χ3v) is 8.72. The Labute approximate surface area is 261 Å². The van der Waals surface area contributed by atoms with Gasteiger partial charge in [-0.2, -0.15) is 0 Å². The van der Waals surface area contributed by atoms with Crippen LogP contribution in [-0.2, 0) is 36.9 Å². The summed E-state index contributed by atoms with van der Waals surface area (Å²) in [6, 6.07) is 0.365. The number of halogens is 3. The number of hydrogen-bond acceptors (Lipinski definition) is 11. The van der Waals surface area contributed by atoms with Crippen molar-refractivity contribution in [2.24, 2.45) is 29.4 Å². The van der Waals surface area contributed by atoms with Crippen molar-refractivity contribution in [3.63, 3.8) is 0 Å². The number of amides is 2. The molecule has 0 spiro atoms. The highest BCUT2D eigenvalue weighted by Gasteiger charge is 2.69. The number of ether oxygens (including phenoxy) is 1. The summed E-state index contributed by atoms with van der Waals surface area (Å²) in [7, 11) is 6.43. The summed E-state index contributed by atoms with van der Waals surface area (Å²) >= 11 is 16.8. The molecule has 1 aromatic rings. The van der Waals surface area contributed by atoms with Crippen LogP contribution in [0.25, 0.3) is 0 Å². The van der Waals surface area contributed by atoms with Gasteiger partial charge in [0.2, 0.25) is 9.70 Å². The van der Waals surface area contributed by atoms with Crippen molar-refractivity contribution in [2.45, 2.75) is 34.8 Å². The highest BCUT2D eigenvalue weighted by atomic mass is 35.6. The predicted molar refractivity (Wildman–Crippen MR) is 154 cm³/mol. The highest BCUT2D eigenvalue weighted by molar-refractivity contribution is 6.67. The molecule has 2 saturated carbocycles. The molecule has 2 fully saturated rings. The van der Waals surface area contributed by atoms with Crippen molar-refractivity contribution < 1.29 is 43.7 Å². The standard InChI is InChI=1S/C27H31Cl3N4O9/c1-33(2)14-7-11(8-32-25(41)43-9-26(28,29)30)19(35)16-12(14)5-10-6-13-18(34(3)4)21(37)17(24(31)40)23(39)27(13,42)22(38)15(10)20(16)36/h7,10,13,15,17-18,35,42H,5-6,8-9H2,1-4H3,(H2,31,40)(H,32,41)/t10-,13-,15?,17?,18-,27-/m1/s1. The molecule has 0 bridgehead atoms. The minimum Gasteiger partial charge on any atom is -0.507 e. The number of alkyl carbamates (subject to hydrolysis) is 1. The van der Waals surface area contributed by atoms with Gasteiger partial charge in [-0.3, -0.25) is 28.9 Å². The SMILES string of the molecule is CN(C)c1cc(CNC(=O)OCC(Cl)(Cl)Cl)c(O)c2c1C[C@@H]1C[C@@H]3[C@@H](N(C)C)C(=O)C(C(N)=O)C(=O)[C@]3(O)C(=O)C1C2=O. The molecule has 3 aliphatic rings. The topological polar surface area (TPSA) is 197 Å². The maximum Gasteiger partial charge on any atom is 0.407 e. The summed E-state index contributed by atoms with van der Waals surface area (Å²) < 4.78 is 2.98. The summed E-state index contributed by atoms with van der Waals surface area (Å²) in [5.41, 5.74) is 3.33. The molecule has 13 nitrogen and oxygen atoms in total. The summed E-state index contributed by atoms with van der Waals surface area (Å²) in [6.45, 7) is -0.864. The number of aromatic hydroxyl groups is 1. The van der Waals surface area contributed by atoms with E-state index in [1.165, 1.54) is 19.0 Å². The number of ketones is 4. The number of aliphatic hydroxyl groups is 1. The fraction of sp³-hybridized carbons (Fsp3) is 0.556. The van der Waals surface area contributed by atoms with Gasteiger partial charge in [0.25, 0.3) is 0 Å². The van der Waals surface area contributed by atoms with Gasteiger partial charge < -0.3 is 30.9 Å². The zero-order valence-corrected chi connectivity index (χ0v) is 25.9. The number of phenols is 1. The van der Waals surface area contributed by atoms with Crippen molar-refractivity contribution >= 4 is 75.6 Å². The number of hydrogen-bond donors (Lipinski definition) is 4. The first-order valence-electron chi connectivity index (χ1n) is 13.2. The third kappa shape index (κ3) is 5.57. The largest absolute Gasteiger partial charge is 0.507 e. The molecule has 6 atom stereocenters. The number of alkyl halides is 3. The van der Waals surface area contributed by atoms with Crippen molar-refractivity contribution in [3.8, 4) is 5.75 Å². The van der Waals surface area contributed by atoms with Crippen LogP contribution in [0.15, 0.2) is 6.07 Å². The van der Waals surface area contributed by atoms with Crippen LogP contribution < -0.4 is 16.0 Å². The molecule has 4 rings (SSSR count). The van der Waals surface area contributed by atoms with Crippen LogP contribution in [0.5, 0.6) is 5.75 Å². The Bertz CT molecular complexity index is 1430. The number of nitrogens with one attached hydrogen (secondary N) is 1. The van der Waals surface area contributed by atoms with E-state index in [1.54, 1.807) is 25.1 Å². The molecule has 0 heterocycles. The van der Waals surface area contributed by atoms with Gasteiger partial charge in [-0.25, -0.2) is 4.79 Å². The average Bonchev–Trinajstić information content (AvgIpc) is 2.88. The van der Waals surface area contributed by atoms with E-state index in [9.17, 15) is 39.0 Å². The fourth-order valence-corrected chi connectivity index (χ4v) is 6.77. The smallest absolute Gasteiger partial charge is 0.407 e. The number of carbonyl (C=O) groups is 6. The summed E-state index contributed by atoms with van der Waals surface area (Å²) in [4.78, 5) is 82.0. The second-order valence-electron chi connectivity index (χ2n) is 11.5. The van der Waals surface area contributed by atoms with Gasteiger partial charge in [-0.1, -0.05) is 34.8 Å². The minimum atomic E-state index is -2.83. The number of nitrogens with zero attached hydrogens (tertiary/aromatic N) is 2. The van der Waals surface area contributed by atoms with Crippen LogP contribution in [0.4, 0.5) is 10.5 Å². The second kappa shape index (κ2) is 11.5. The summed E-state index contributed by atoms with van der Waals surface area (Å²) in [5, 5.41) is 25.3. The fourth-order valence-electron chi connectivity index (χ4n) is 6.61. The number of fused-ring (bicyclic) bond motifs is 3. The number of anilines is 1. The van der Waals surface area contributed by atoms with E-state index in [2.05, 4.69) is 5.32 Å². The number of primary amides is 1. The van der Waals surface area contributed by atoms with Crippen molar-refractivity contribution in [2.75, 3.05) is 39.7 Å². The van der Waals surface area contributed by atoms with Crippen molar-refractivity contribution in [3.05, 3.63) is 22.8 Å². The number of likely N-dealkylation sites (N-methyl/N-ethyl adjacent to an activating group) is 1. The molecule has 0 radical (unpaired) electrons. The van der Waals surface area contributed by atoms with E-state index >= 15 is 0 Å². The maximum absolute atomic E-state index is 14.0. The number of benzene rings is 1. The Morgan fingerprint density at radius 3 is 2.30 bits per heavy atom. The number of Topliss-reactive ketones (excluding diaryl/α,β-unsaturated/α-hetero) is 4. The van der Waals surface area contributed by atoms with Crippen LogP contribution >= 0.6 is 34.8 Å². The third-order valence-electron chi connectivity index (χ3n) is 8.39. The van der Waals surface area contributed by atoms with Crippen molar-refractivity contribution in [1.82, 2.24) is 10.2 Å².